The van der Waals surface area contributed by atoms with Crippen molar-refractivity contribution in [3.63, 3.8) is 0 Å². The molecule has 0 radical (unpaired) electrons. The Bertz CT molecular complexity index is 2.00. The molecule has 0 rings (SSSR count). The third-order valence-corrected chi connectivity index (χ3v) is 0.500. The molecule has 0 spiro atoms. The molecule has 0 aromatic rings. The molecule has 0 aliphatic carbocycles. The lowest BCUT2D eigenvalue weighted by Gasteiger charge is -1.68. The lowest BCUT2D eigenvalue weighted by Crippen LogP contribution is -1.47. The molecule has 0 N–H and O–H groups in total. The van der Waals surface area contributed by atoms with Crippen molar-refractivity contribution in [2.45, 2.75) is 152 Å². The van der Waals surface area contributed by atoms with Crippen LogP contribution in [-0.2, 0) is 0 Å². The second kappa shape index (κ2) is 2100. The molecule has 0 fully saturated rings. The lowest BCUT2D eigenvalue weighted by molar-refractivity contribution is 0.886. The largest absolute Gasteiger partial charge is 0.0776 e. The topological polar surface area (TPSA) is 0 Å². The van der Waals surface area contributed by atoms with Gasteiger partial charge in [0.2, 0.25) is 0 Å². The van der Waals surface area contributed by atoms with Gasteiger partial charge in [0, 0.05) is 0 Å². The van der Waals surface area contributed by atoms with Gasteiger partial charge in [-0.25, -0.2) is 0 Å². The van der Waals surface area contributed by atoms with Crippen molar-refractivity contribution in [2.75, 3.05) is 0 Å². The van der Waals surface area contributed by atoms with Crippen molar-refractivity contribution < 1.29 is 0 Å². The van der Waals surface area contributed by atoms with Crippen LogP contribution in [0.2, 0.25) is 0 Å². The van der Waals surface area contributed by atoms with Gasteiger partial charge < -0.3 is 0 Å². The smallest absolute Gasteiger partial charge is 0.0564 e. The Labute approximate surface area is 152 Å². The van der Waals surface area contributed by atoms with Gasteiger partial charge >= 0.3 is 0 Å². The molecule has 0 heteroatoms. The molecule has 0 bridgehead atoms. The Hall–Kier alpha value is 0. The lowest BCUT2D eigenvalue weighted by atomic mass is 10.4. The Balaban J connectivity index is -0.00000000693. The molecule has 0 saturated carbocycles. The zero-order chi connectivity index (χ0) is 19.4. The van der Waals surface area contributed by atoms with Gasteiger partial charge in [0.25, 0.3) is 0 Å². The van der Waals surface area contributed by atoms with Crippen LogP contribution in [0.5, 0.6) is 0 Å². The quantitative estimate of drug-likeness (QED) is 0.448. The van der Waals surface area contributed by atoms with Gasteiger partial charge in [-0.2, -0.15) is 0 Å². The normalized spacial score (nSPS) is 3.55. The highest BCUT2D eigenvalue weighted by Crippen LogP contribution is 1.76. The van der Waals surface area contributed by atoms with Crippen LogP contribution in [0.4, 0.5) is 0 Å². The van der Waals surface area contributed by atoms with Gasteiger partial charge in [0.05, 0.1) is 0 Å². The second-order valence-corrected chi connectivity index (χ2v) is 1.000. The molecule has 0 atom stereocenters. The highest BCUT2D eigenvalue weighted by atomic mass is 13.6. The van der Waals surface area contributed by atoms with Crippen LogP contribution in [0.15, 0.2) is 0 Å². The first-order valence-corrected chi connectivity index (χ1v) is 9.91. The summed E-state index contributed by atoms with van der Waals surface area (Å²) in [6.07, 6.45) is 2.64. The summed E-state index contributed by atoms with van der Waals surface area (Å²) in [5.74, 6) is 0. The van der Waals surface area contributed by atoms with Crippen LogP contribution in [0.25, 0.3) is 0 Å². The Kier molecular flexibility index (Phi) is 7650. The molecule has 0 heterocycles. The summed E-state index contributed by atoms with van der Waals surface area (Å²) in [7, 11) is 0. The van der Waals surface area contributed by atoms with Gasteiger partial charge in [-0.1, -0.05) is 152 Å². The maximum Gasteiger partial charge on any atom is -0.0564 e. The molecular formula is C22H66. The second-order valence-electron chi connectivity index (χ2n) is 1.000. The molecule has 22 heavy (non-hydrogen) atoms. The van der Waals surface area contributed by atoms with E-state index in [-0.39, 0.29) is 14.9 Å². The number of hydrogen-bond donors (Lipinski definition) is 0. The van der Waals surface area contributed by atoms with E-state index in [1.807, 2.05) is 111 Å². The van der Waals surface area contributed by atoms with E-state index in [0.29, 0.717) is 0 Å². The van der Waals surface area contributed by atoms with Gasteiger partial charge in [0.1, 0.15) is 0 Å². The molecule has 0 aromatic carbocycles. The summed E-state index contributed by atoms with van der Waals surface area (Å²) < 4.78 is 0. The fourth-order valence-corrected chi connectivity index (χ4v) is 0. The standard InChI is InChI=1S/C4H10.8C2H6.2CH4/c1-3-4-2;8*1-2;;/h3-4H2,1-2H3;8*1-2H3;2*1H4. The van der Waals surface area contributed by atoms with Crippen molar-refractivity contribution in [2.24, 2.45) is 0 Å². The average Bonchev–Trinajstić information content (AvgIpc) is 2.68. The highest BCUT2D eigenvalue weighted by Gasteiger charge is 1.56. The predicted molar refractivity (Wildman–Crippen MR) is 125 cm³/mol. The first-order chi connectivity index (χ1) is 9.91. The minimum atomic E-state index is 0. The monoisotopic (exact) mass is 331 g/mol. The zero-order valence-electron chi connectivity index (χ0n) is 19.4. The van der Waals surface area contributed by atoms with Crippen molar-refractivity contribution in [1.82, 2.24) is 0 Å². The van der Waals surface area contributed by atoms with Crippen LogP contribution in [0.1, 0.15) is 152 Å². The first kappa shape index (κ1) is 80.2. The van der Waals surface area contributed by atoms with E-state index in [0.717, 1.165) is 0 Å². The van der Waals surface area contributed by atoms with Gasteiger partial charge in [-0.3, -0.25) is 0 Å². The van der Waals surface area contributed by atoms with Crippen molar-refractivity contribution in [3.05, 3.63) is 0 Å². The fourth-order valence-electron chi connectivity index (χ4n) is 0. The average molecular weight is 331 g/mol. The van der Waals surface area contributed by atoms with Gasteiger partial charge in [-0.15, -0.1) is 0 Å². The molecule has 0 nitrogen and oxygen atoms in total. The van der Waals surface area contributed by atoms with E-state index in [1.54, 1.807) is 0 Å². The molecule has 0 amide bonds. The third kappa shape index (κ3) is 7220. The van der Waals surface area contributed by atoms with E-state index in [2.05, 4.69) is 13.8 Å². The summed E-state index contributed by atoms with van der Waals surface area (Å²) in [6, 6.07) is 0. The Morgan fingerprint density at radius 3 is 0.318 bits per heavy atom. The summed E-state index contributed by atoms with van der Waals surface area (Å²) in [5, 5.41) is 0. The van der Waals surface area contributed by atoms with E-state index in [1.165, 1.54) is 12.8 Å². The van der Waals surface area contributed by atoms with Crippen LogP contribution >= 0.6 is 0 Å². The SMILES string of the molecule is C.C.CC.CC.CC.CC.CC.CC.CC.CC.CCCC. The van der Waals surface area contributed by atoms with Crippen molar-refractivity contribution >= 4 is 0 Å². The summed E-state index contributed by atoms with van der Waals surface area (Å²) >= 11 is 0. The Morgan fingerprint density at radius 1 is 0.273 bits per heavy atom. The molecular weight excluding hydrogens is 264 g/mol. The molecule has 0 aromatic heterocycles. The maximum atomic E-state index is 2.18. The number of unbranched alkanes of at least 4 members (excludes halogenated alkanes) is 1. The minimum Gasteiger partial charge on any atom is -0.0776 e. The van der Waals surface area contributed by atoms with E-state index < -0.39 is 0 Å². The summed E-state index contributed by atoms with van der Waals surface area (Å²) in [4.78, 5) is 0. The van der Waals surface area contributed by atoms with E-state index >= 15 is 0 Å². The van der Waals surface area contributed by atoms with Crippen molar-refractivity contribution in [1.29, 1.82) is 0 Å². The fraction of sp³-hybridized carbons (Fsp3) is 1.00. The minimum absolute atomic E-state index is 0. The highest BCUT2D eigenvalue weighted by molar-refractivity contribution is 4.12. The van der Waals surface area contributed by atoms with Crippen LogP contribution < -0.4 is 0 Å². The summed E-state index contributed by atoms with van der Waals surface area (Å²) in [5.41, 5.74) is 0. The third-order valence-electron chi connectivity index (χ3n) is 0.500. The molecule has 0 aliphatic rings. The Morgan fingerprint density at radius 2 is 0.318 bits per heavy atom. The molecule has 0 saturated heterocycles. The predicted octanol–water partition coefficient (Wildman–Crippen LogP) is 11.3. The van der Waals surface area contributed by atoms with Crippen LogP contribution in [0, 0.1) is 0 Å². The van der Waals surface area contributed by atoms with Crippen LogP contribution in [0.3, 0.4) is 0 Å². The number of rotatable bonds is 1. The summed E-state index contributed by atoms with van der Waals surface area (Å²) in [6.45, 7) is 36.4. The maximum absolute atomic E-state index is 2.18. The first-order valence-electron chi connectivity index (χ1n) is 9.91. The van der Waals surface area contributed by atoms with E-state index in [4.69, 9.17) is 0 Å². The molecule has 0 unspecified atom stereocenters. The van der Waals surface area contributed by atoms with Crippen LogP contribution in [-0.4, -0.2) is 0 Å². The van der Waals surface area contributed by atoms with Gasteiger partial charge in [0.15, 0.2) is 0 Å². The number of hydrogen-bond acceptors (Lipinski definition) is 0. The van der Waals surface area contributed by atoms with E-state index in [9.17, 15) is 0 Å². The molecule has 154 valence electrons. The van der Waals surface area contributed by atoms with Gasteiger partial charge in [-0.05, 0) is 0 Å². The molecule has 0 aliphatic heterocycles. The van der Waals surface area contributed by atoms with Crippen molar-refractivity contribution in [3.8, 4) is 0 Å². The zero-order valence-corrected chi connectivity index (χ0v) is 19.4.